The summed E-state index contributed by atoms with van der Waals surface area (Å²) < 4.78 is 0. The maximum atomic E-state index is 12.3. The number of halogens is 1. The number of benzene rings is 1. The Bertz CT molecular complexity index is 509. The maximum Gasteiger partial charge on any atom is 0.240 e. The van der Waals surface area contributed by atoms with Crippen LogP contribution in [0.2, 0.25) is 0 Å². The van der Waals surface area contributed by atoms with Crippen LogP contribution >= 0.6 is 12.4 Å². The normalized spacial score (nSPS) is 24.9. The summed E-state index contributed by atoms with van der Waals surface area (Å²) in [5.74, 6) is 0.285. The molecule has 3 N–H and O–H groups in total. The lowest BCUT2D eigenvalue weighted by atomic mass is 9.98. The van der Waals surface area contributed by atoms with Gasteiger partial charge in [-0.3, -0.25) is 4.79 Å². The van der Waals surface area contributed by atoms with Crippen LogP contribution in [0.25, 0.3) is 0 Å². The highest BCUT2D eigenvalue weighted by atomic mass is 35.5. The highest BCUT2D eigenvalue weighted by Crippen LogP contribution is 2.24. The molecular weight excluding hydrogens is 280 g/mol. The Labute approximate surface area is 124 Å². The number of nitrogens with one attached hydrogen (secondary N) is 1. The summed E-state index contributed by atoms with van der Waals surface area (Å²) in [6.07, 6.45) is 0.883. The van der Waals surface area contributed by atoms with Crippen LogP contribution in [-0.4, -0.2) is 46.3 Å². The largest absolute Gasteiger partial charge is 0.508 e. The number of hydrogen-bond acceptors (Lipinski definition) is 4. The van der Waals surface area contributed by atoms with Crippen molar-refractivity contribution in [1.82, 2.24) is 10.2 Å². The number of phenolic OH excluding ortho intramolecular Hbond substituents is 1. The Kier molecular flexibility index (Phi) is 4.52. The number of aliphatic hydroxyl groups is 1. The highest BCUT2D eigenvalue weighted by molar-refractivity contribution is 5.85. The third-order valence-electron chi connectivity index (χ3n) is 3.92. The fourth-order valence-corrected chi connectivity index (χ4v) is 2.86. The first kappa shape index (κ1) is 15.1. The third kappa shape index (κ3) is 2.90. The molecule has 0 aromatic heterocycles. The van der Waals surface area contributed by atoms with E-state index in [2.05, 4.69) is 5.32 Å². The lowest BCUT2D eigenvalue weighted by Gasteiger charge is -2.31. The second-order valence-electron chi connectivity index (χ2n) is 5.31. The zero-order chi connectivity index (χ0) is 13.4. The molecule has 1 aromatic carbocycles. The molecule has 1 saturated heterocycles. The molecule has 20 heavy (non-hydrogen) atoms. The van der Waals surface area contributed by atoms with E-state index in [-0.39, 0.29) is 30.1 Å². The van der Waals surface area contributed by atoms with E-state index in [1.165, 1.54) is 5.56 Å². The average Bonchev–Trinajstić information content (AvgIpc) is 2.83. The summed E-state index contributed by atoms with van der Waals surface area (Å²) in [4.78, 5) is 14.1. The van der Waals surface area contributed by atoms with Gasteiger partial charge in [-0.05, 0) is 36.1 Å². The van der Waals surface area contributed by atoms with E-state index in [0.717, 1.165) is 12.0 Å². The third-order valence-corrected chi connectivity index (χ3v) is 3.92. The first-order chi connectivity index (χ1) is 9.13. The van der Waals surface area contributed by atoms with Gasteiger partial charge >= 0.3 is 0 Å². The van der Waals surface area contributed by atoms with E-state index in [4.69, 9.17) is 0 Å². The Morgan fingerprint density at radius 2 is 2.15 bits per heavy atom. The fraction of sp³-hybridized carbons (Fsp3) is 0.500. The van der Waals surface area contributed by atoms with Gasteiger partial charge in [-0.1, -0.05) is 6.07 Å². The van der Waals surface area contributed by atoms with Gasteiger partial charge in [0, 0.05) is 19.6 Å². The van der Waals surface area contributed by atoms with Gasteiger partial charge in [0.25, 0.3) is 0 Å². The summed E-state index contributed by atoms with van der Waals surface area (Å²) in [6, 6.07) is 5.06. The van der Waals surface area contributed by atoms with Gasteiger partial charge in [0.2, 0.25) is 5.91 Å². The van der Waals surface area contributed by atoms with Crippen molar-refractivity contribution in [2.24, 2.45) is 0 Å². The van der Waals surface area contributed by atoms with Gasteiger partial charge in [0.05, 0.1) is 12.1 Å². The molecule has 0 radical (unpaired) electrons. The molecule has 1 aromatic rings. The van der Waals surface area contributed by atoms with Crippen LogP contribution in [0.5, 0.6) is 5.75 Å². The molecular formula is C14H19ClN2O3. The van der Waals surface area contributed by atoms with E-state index in [0.29, 0.717) is 26.1 Å². The molecule has 6 heteroatoms. The maximum absolute atomic E-state index is 12.3. The van der Waals surface area contributed by atoms with E-state index < -0.39 is 6.10 Å². The number of fused-ring (bicyclic) bond motifs is 1. The van der Waals surface area contributed by atoms with Crippen LogP contribution in [0.1, 0.15) is 17.5 Å². The number of carbonyl (C=O) groups excluding carboxylic acids is 1. The molecule has 1 fully saturated rings. The number of β-amino-alcohol motifs (C(OH)–C–C–N with tert-alkyl or cyclic N) is 1. The van der Waals surface area contributed by atoms with Gasteiger partial charge in [0.15, 0.2) is 0 Å². The number of aromatic hydroxyl groups is 1. The molecule has 0 bridgehead atoms. The minimum atomic E-state index is -0.421. The van der Waals surface area contributed by atoms with Crippen LogP contribution < -0.4 is 5.32 Å². The van der Waals surface area contributed by atoms with Crippen LogP contribution in [0, 0.1) is 0 Å². The first-order valence-electron chi connectivity index (χ1n) is 6.64. The van der Waals surface area contributed by atoms with Crippen molar-refractivity contribution >= 4 is 18.3 Å². The minimum Gasteiger partial charge on any atom is -0.508 e. The number of carbonyl (C=O) groups is 1. The van der Waals surface area contributed by atoms with Crippen LogP contribution in [0.3, 0.4) is 0 Å². The van der Waals surface area contributed by atoms with Crippen molar-refractivity contribution in [2.75, 3.05) is 13.1 Å². The number of amides is 1. The van der Waals surface area contributed by atoms with E-state index in [1.807, 2.05) is 6.07 Å². The second-order valence-corrected chi connectivity index (χ2v) is 5.31. The van der Waals surface area contributed by atoms with E-state index in [1.54, 1.807) is 17.0 Å². The van der Waals surface area contributed by atoms with Gasteiger partial charge < -0.3 is 20.4 Å². The number of hydrogen-bond donors (Lipinski definition) is 3. The number of nitrogens with zero attached hydrogens (tertiary/aromatic N) is 1. The molecule has 0 saturated carbocycles. The van der Waals surface area contributed by atoms with Crippen molar-refractivity contribution < 1.29 is 15.0 Å². The van der Waals surface area contributed by atoms with Crippen molar-refractivity contribution in [1.29, 1.82) is 0 Å². The highest BCUT2D eigenvalue weighted by Gasteiger charge is 2.32. The standard InChI is InChI=1S/C14H18N2O3.ClH/c17-11-2-1-9-3-4-16(8-10(9)5-11)14(19)13-6-12(18)7-15-13;/h1-2,5,12-13,15,17-18H,3-4,6-8H2;1H. The average molecular weight is 299 g/mol. The van der Waals surface area contributed by atoms with Gasteiger partial charge in [-0.25, -0.2) is 0 Å². The first-order valence-corrected chi connectivity index (χ1v) is 6.64. The lowest BCUT2D eigenvalue weighted by Crippen LogP contribution is -2.45. The van der Waals surface area contributed by atoms with Crippen molar-refractivity contribution in [3.8, 4) is 5.75 Å². The Balaban J connectivity index is 0.00000147. The smallest absolute Gasteiger partial charge is 0.240 e. The zero-order valence-corrected chi connectivity index (χ0v) is 11.9. The lowest BCUT2D eigenvalue weighted by molar-refractivity contribution is -0.134. The summed E-state index contributed by atoms with van der Waals surface area (Å²) in [5.41, 5.74) is 2.21. The van der Waals surface area contributed by atoms with Crippen molar-refractivity contribution in [3.63, 3.8) is 0 Å². The van der Waals surface area contributed by atoms with Crippen LogP contribution in [0.4, 0.5) is 0 Å². The van der Waals surface area contributed by atoms with Crippen LogP contribution in [-0.2, 0) is 17.8 Å². The molecule has 2 heterocycles. The van der Waals surface area contributed by atoms with Crippen molar-refractivity contribution in [2.45, 2.75) is 31.5 Å². The monoisotopic (exact) mass is 298 g/mol. The quantitative estimate of drug-likeness (QED) is 0.703. The molecule has 2 aliphatic heterocycles. The summed E-state index contributed by atoms with van der Waals surface area (Å²) in [5, 5.41) is 22.0. The second kappa shape index (κ2) is 5.99. The number of rotatable bonds is 1. The van der Waals surface area contributed by atoms with E-state index in [9.17, 15) is 15.0 Å². The van der Waals surface area contributed by atoms with Crippen LogP contribution in [0.15, 0.2) is 18.2 Å². The van der Waals surface area contributed by atoms with Gasteiger partial charge in [-0.2, -0.15) is 0 Å². The van der Waals surface area contributed by atoms with E-state index >= 15 is 0 Å². The van der Waals surface area contributed by atoms with Crippen molar-refractivity contribution in [3.05, 3.63) is 29.3 Å². The Hall–Kier alpha value is -1.30. The molecule has 2 unspecified atom stereocenters. The summed E-state index contributed by atoms with van der Waals surface area (Å²) in [6.45, 7) is 1.73. The van der Waals surface area contributed by atoms with Gasteiger partial charge in [0.1, 0.15) is 5.75 Å². The topological polar surface area (TPSA) is 72.8 Å². The zero-order valence-electron chi connectivity index (χ0n) is 11.1. The molecule has 5 nitrogen and oxygen atoms in total. The Morgan fingerprint density at radius 1 is 1.35 bits per heavy atom. The van der Waals surface area contributed by atoms with Gasteiger partial charge in [-0.15, -0.1) is 12.4 Å². The molecule has 2 atom stereocenters. The molecule has 110 valence electrons. The SMILES string of the molecule is Cl.O=C(C1CC(O)CN1)N1CCc2ccc(O)cc2C1. The molecule has 0 aliphatic carbocycles. The molecule has 1 amide bonds. The predicted molar refractivity (Wildman–Crippen MR) is 76.9 cm³/mol. The number of aliphatic hydroxyl groups excluding tert-OH is 1. The molecule has 0 spiro atoms. The molecule has 3 rings (SSSR count). The predicted octanol–water partition coefficient (Wildman–Crippen LogP) is 0.421. The molecule has 2 aliphatic rings. The minimum absolute atomic E-state index is 0. The summed E-state index contributed by atoms with van der Waals surface area (Å²) >= 11 is 0. The Morgan fingerprint density at radius 3 is 2.85 bits per heavy atom. The summed E-state index contributed by atoms with van der Waals surface area (Å²) in [7, 11) is 0. The fourth-order valence-electron chi connectivity index (χ4n) is 2.86. The number of phenols is 1.